The summed E-state index contributed by atoms with van der Waals surface area (Å²) in [7, 11) is 0. The summed E-state index contributed by atoms with van der Waals surface area (Å²) < 4.78 is 11.0. The lowest BCUT2D eigenvalue weighted by atomic mass is 9.54. The highest BCUT2D eigenvalue weighted by Crippen LogP contribution is 2.50. The van der Waals surface area contributed by atoms with Gasteiger partial charge < -0.3 is 20.3 Å². The zero-order chi connectivity index (χ0) is 19.7. The molecular weight excluding hydrogens is 344 g/mol. The number of ether oxygens (including phenoxy) is 1. The minimum Gasteiger partial charge on any atom is -0.378 e. The van der Waals surface area contributed by atoms with Crippen LogP contribution in [0.3, 0.4) is 0 Å². The van der Waals surface area contributed by atoms with Crippen molar-refractivity contribution in [3.63, 3.8) is 0 Å². The molecule has 2 aromatic rings. The number of aromatic nitrogens is 2. The Morgan fingerprint density at radius 2 is 2.11 bits per heavy atom. The Bertz CT molecular complexity index is 790. The monoisotopic (exact) mass is 372 g/mol. The number of benzene rings is 1. The molecule has 1 saturated carbocycles. The lowest BCUT2D eigenvalue weighted by molar-refractivity contribution is -0.171. The highest BCUT2D eigenvalue weighted by Gasteiger charge is 2.63. The normalized spacial score (nSPS) is 24.9. The van der Waals surface area contributed by atoms with Gasteiger partial charge in [0.25, 0.3) is 0 Å². The Labute approximate surface area is 159 Å². The second kappa shape index (κ2) is 7.40. The van der Waals surface area contributed by atoms with Gasteiger partial charge in [-0.1, -0.05) is 49.3 Å². The van der Waals surface area contributed by atoms with E-state index in [-0.39, 0.29) is 12.0 Å². The molecule has 0 saturated heterocycles. The van der Waals surface area contributed by atoms with Gasteiger partial charge in [0.05, 0.1) is 6.10 Å². The van der Waals surface area contributed by atoms with E-state index in [1.165, 1.54) is 0 Å². The predicted molar refractivity (Wildman–Crippen MR) is 101 cm³/mol. The van der Waals surface area contributed by atoms with E-state index in [2.05, 4.69) is 15.5 Å². The SMILES string of the molecule is CCOC1CC(N)(C(=O)NC(C)c2nc(Cc3ccccc3)no2)C1(C)C. The van der Waals surface area contributed by atoms with Crippen molar-refractivity contribution in [3.8, 4) is 0 Å². The summed E-state index contributed by atoms with van der Waals surface area (Å²) in [5.74, 6) is 0.732. The van der Waals surface area contributed by atoms with Crippen LogP contribution in [0.2, 0.25) is 0 Å². The molecular formula is C20H28N4O3. The first-order valence-corrected chi connectivity index (χ1v) is 9.35. The number of nitrogens with zero attached hydrogens (tertiary/aromatic N) is 2. The smallest absolute Gasteiger partial charge is 0.248 e. The highest BCUT2D eigenvalue weighted by molar-refractivity contribution is 5.89. The van der Waals surface area contributed by atoms with E-state index in [9.17, 15) is 4.79 Å². The van der Waals surface area contributed by atoms with Crippen LogP contribution in [0.5, 0.6) is 0 Å². The summed E-state index contributed by atoms with van der Waals surface area (Å²) >= 11 is 0. The Morgan fingerprint density at radius 1 is 1.41 bits per heavy atom. The van der Waals surface area contributed by atoms with Crippen LogP contribution in [-0.4, -0.2) is 34.3 Å². The number of hydrogen-bond donors (Lipinski definition) is 2. The third-order valence-corrected chi connectivity index (χ3v) is 5.64. The van der Waals surface area contributed by atoms with Gasteiger partial charge in [-0.3, -0.25) is 4.79 Å². The van der Waals surface area contributed by atoms with Crippen LogP contribution in [0.25, 0.3) is 0 Å². The number of rotatable bonds is 7. The first kappa shape index (κ1) is 19.5. The van der Waals surface area contributed by atoms with E-state index in [1.807, 2.05) is 58.0 Å². The van der Waals surface area contributed by atoms with Crippen LogP contribution < -0.4 is 11.1 Å². The quantitative estimate of drug-likeness (QED) is 0.773. The third kappa shape index (κ3) is 3.61. The zero-order valence-corrected chi connectivity index (χ0v) is 16.4. The maximum atomic E-state index is 12.8. The van der Waals surface area contributed by atoms with E-state index in [1.54, 1.807) is 0 Å². The van der Waals surface area contributed by atoms with E-state index in [4.69, 9.17) is 15.0 Å². The highest BCUT2D eigenvalue weighted by atomic mass is 16.5. The molecule has 0 aliphatic heterocycles. The molecule has 3 rings (SSSR count). The molecule has 1 heterocycles. The number of carbonyl (C=O) groups is 1. The summed E-state index contributed by atoms with van der Waals surface area (Å²) in [6.45, 7) is 8.29. The van der Waals surface area contributed by atoms with Crippen LogP contribution in [-0.2, 0) is 16.0 Å². The number of amides is 1. The molecule has 7 heteroatoms. The average molecular weight is 372 g/mol. The fourth-order valence-corrected chi connectivity index (χ4v) is 3.50. The molecule has 0 radical (unpaired) electrons. The topological polar surface area (TPSA) is 103 Å². The van der Waals surface area contributed by atoms with Gasteiger partial charge >= 0.3 is 0 Å². The van der Waals surface area contributed by atoms with Gasteiger partial charge in [0.15, 0.2) is 5.82 Å². The molecule has 1 amide bonds. The van der Waals surface area contributed by atoms with Crippen LogP contribution in [0.15, 0.2) is 34.9 Å². The lowest BCUT2D eigenvalue weighted by Crippen LogP contribution is -2.75. The van der Waals surface area contributed by atoms with Crippen LogP contribution >= 0.6 is 0 Å². The molecule has 1 aliphatic carbocycles. The predicted octanol–water partition coefficient (Wildman–Crippen LogP) is 2.37. The van der Waals surface area contributed by atoms with Gasteiger partial charge in [0.1, 0.15) is 11.6 Å². The largest absolute Gasteiger partial charge is 0.378 e. The van der Waals surface area contributed by atoms with Crippen molar-refractivity contribution in [2.45, 2.75) is 58.2 Å². The van der Waals surface area contributed by atoms with Gasteiger partial charge in [-0.15, -0.1) is 0 Å². The Morgan fingerprint density at radius 3 is 2.74 bits per heavy atom. The van der Waals surface area contributed by atoms with Crippen molar-refractivity contribution in [3.05, 3.63) is 47.6 Å². The molecule has 1 aliphatic rings. The summed E-state index contributed by atoms with van der Waals surface area (Å²) in [6.07, 6.45) is 1.05. The maximum Gasteiger partial charge on any atom is 0.248 e. The molecule has 3 N–H and O–H groups in total. The number of nitrogens with one attached hydrogen (secondary N) is 1. The first-order valence-electron chi connectivity index (χ1n) is 9.35. The third-order valence-electron chi connectivity index (χ3n) is 5.64. The molecule has 27 heavy (non-hydrogen) atoms. The van der Waals surface area contributed by atoms with Crippen molar-refractivity contribution in [2.24, 2.45) is 11.1 Å². The Balaban J connectivity index is 1.62. The molecule has 7 nitrogen and oxygen atoms in total. The zero-order valence-electron chi connectivity index (χ0n) is 16.4. The van der Waals surface area contributed by atoms with E-state index < -0.39 is 17.0 Å². The average Bonchev–Trinajstić information content (AvgIpc) is 3.10. The van der Waals surface area contributed by atoms with E-state index in [0.717, 1.165) is 5.56 Å². The van der Waals surface area contributed by atoms with Crippen molar-refractivity contribution in [1.29, 1.82) is 0 Å². The van der Waals surface area contributed by atoms with Crippen LogP contribution in [0.4, 0.5) is 0 Å². The summed E-state index contributed by atoms with van der Waals surface area (Å²) in [5, 5.41) is 6.93. The van der Waals surface area contributed by atoms with E-state index in [0.29, 0.717) is 31.2 Å². The second-order valence-corrected chi connectivity index (χ2v) is 7.75. The molecule has 0 bridgehead atoms. The molecule has 3 atom stereocenters. The molecule has 1 fully saturated rings. The molecule has 3 unspecified atom stereocenters. The Hall–Kier alpha value is -2.25. The molecule has 146 valence electrons. The second-order valence-electron chi connectivity index (χ2n) is 7.75. The molecule has 0 spiro atoms. The van der Waals surface area contributed by atoms with Gasteiger partial charge in [-0.25, -0.2) is 0 Å². The standard InChI is InChI=1S/C20H28N4O3/c1-5-26-15-12-20(21,19(15,3)4)18(25)22-13(2)17-23-16(24-27-17)11-14-9-7-6-8-10-14/h6-10,13,15H,5,11-12,21H2,1-4H3,(H,22,25). The molecule has 1 aromatic heterocycles. The summed E-state index contributed by atoms with van der Waals surface area (Å²) in [6, 6.07) is 9.49. The van der Waals surface area contributed by atoms with Crippen molar-refractivity contribution >= 4 is 5.91 Å². The number of carbonyl (C=O) groups excluding carboxylic acids is 1. The van der Waals surface area contributed by atoms with Gasteiger partial charge in [0.2, 0.25) is 11.8 Å². The fraction of sp³-hybridized carbons (Fsp3) is 0.550. The first-order chi connectivity index (χ1) is 12.8. The summed E-state index contributed by atoms with van der Waals surface area (Å²) in [5.41, 5.74) is 6.10. The van der Waals surface area contributed by atoms with Gasteiger partial charge in [-0.2, -0.15) is 4.98 Å². The summed E-state index contributed by atoms with van der Waals surface area (Å²) in [4.78, 5) is 17.2. The number of nitrogens with two attached hydrogens (primary N) is 1. The maximum absolute atomic E-state index is 12.8. The Kier molecular flexibility index (Phi) is 5.35. The fourth-order valence-electron chi connectivity index (χ4n) is 3.50. The van der Waals surface area contributed by atoms with Crippen molar-refractivity contribution < 1.29 is 14.1 Å². The minimum atomic E-state index is -0.978. The van der Waals surface area contributed by atoms with Crippen molar-refractivity contribution in [2.75, 3.05) is 6.61 Å². The van der Waals surface area contributed by atoms with Gasteiger partial charge in [-0.05, 0) is 19.4 Å². The number of hydrogen-bond acceptors (Lipinski definition) is 6. The van der Waals surface area contributed by atoms with Crippen LogP contribution in [0.1, 0.15) is 57.4 Å². The van der Waals surface area contributed by atoms with Gasteiger partial charge in [0, 0.05) is 24.9 Å². The van der Waals surface area contributed by atoms with Crippen LogP contribution in [0, 0.1) is 5.41 Å². The van der Waals surface area contributed by atoms with E-state index >= 15 is 0 Å². The minimum absolute atomic E-state index is 0.0190. The van der Waals surface area contributed by atoms with Crippen molar-refractivity contribution in [1.82, 2.24) is 15.5 Å². The lowest BCUT2D eigenvalue weighted by Gasteiger charge is -2.57. The molecule has 1 aromatic carbocycles.